The minimum atomic E-state index is -0.649. The molecule has 0 atom stereocenters. The molecule has 2 heterocycles. The largest absolute Gasteiger partial charge is 0.462 e. The van der Waals surface area contributed by atoms with Crippen LogP contribution in [-0.4, -0.2) is 29.3 Å². The highest BCUT2D eigenvalue weighted by molar-refractivity contribution is 7.23. The van der Waals surface area contributed by atoms with E-state index in [4.69, 9.17) is 9.47 Å². The fourth-order valence-electron chi connectivity index (χ4n) is 2.62. The molecule has 28 heavy (non-hydrogen) atoms. The predicted molar refractivity (Wildman–Crippen MR) is 111 cm³/mol. The lowest BCUT2D eigenvalue weighted by Gasteiger charge is -2.19. The molecule has 0 saturated carbocycles. The molecule has 6 nitrogen and oxygen atoms in total. The first-order valence-corrected chi connectivity index (χ1v) is 9.76. The summed E-state index contributed by atoms with van der Waals surface area (Å²) >= 11 is 1.26. The van der Waals surface area contributed by atoms with E-state index in [0.29, 0.717) is 10.5 Å². The number of carbonyl (C=O) groups is 2. The first-order valence-electron chi connectivity index (χ1n) is 8.94. The zero-order chi connectivity index (χ0) is 20.3. The number of nitrogens with zero attached hydrogens (tertiary/aromatic N) is 1. The summed E-state index contributed by atoms with van der Waals surface area (Å²) in [5, 5.41) is 3.03. The van der Waals surface area contributed by atoms with E-state index in [9.17, 15) is 9.59 Å². The van der Waals surface area contributed by atoms with Crippen LogP contribution in [0.1, 0.15) is 38.1 Å². The normalized spacial score (nSPS) is 11.3. The van der Waals surface area contributed by atoms with Crippen LogP contribution in [0.5, 0.6) is 0 Å². The van der Waals surface area contributed by atoms with Crippen molar-refractivity contribution in [3.63, 3.8) is 0 Å². The fraction of sp³-hybridized carbons (Fsp3) is 0.286. The highest BCUT2D eigenvalue weighted by atomic mass is 32.1. The number of fused-ring (bicyclic) bond motifs is 1. The van der Waals surface area contributed by atoms with Crippen LogP contribution in [0.15, 0.2) is 42.5 Å². The van der Waals surface area contributed by atoms with Crippen molar-refractivity contribution in [1.82, 2.24) is 4.98 Å². The van der Waals surface area contributed by atoms with Gasteiger partial charge in [0, 0.05) is 5.56 Å². The van der Waals surface area contributed by atoms with Gasteiger partial charge in [-0.05, 0) is 39.8 Å². The van der Waals surface area contributed by atoms with Gasteiger partial charge in [-0.25, -0.2) is 14.6 Å². The summed E-state index contributed by atoms with van der Waals surface area (Å²) in [4.78, 5) is 29.5. The van der Waals surface area contributed by atoms with E-state index in [1.165, 1.54) is 11.3 Å². The molecule has 1 amide bonds. The Hall–Kier alpha value is -2.93. The number of anilines is 1. The van der Waals surface area contributed by atoms with Gasteiger partial charge in [-0.2, -0.15) is 0 Å². The second kappa shape index (κ2) is 7.98. The van der Waals surface area contributed by atoms with Gasteiger partial charge in [-0.15, -0.1) is 11.3 Å². The number of hydrogen-bond acceptors (Lipinski definition) is 6. The van der Waals surface area contributed by atoms with Crippen molar-refractivity contribution in [2.45, 2.75) is 33.3 Å². The quantitative estimate of drug-likeness (QED) is 0.588. The Bertz CT molecular complexity index is 1010. The molecule has 0 unspecified atom stereocenters. The Morgan fingerprint density at radius 3 is 2.46 bits per heavy atom. The third kappa shape index (κ3) is 4.48. The summed E-state index contributed by atoms with van der Waals surface area (Å²) in [7, 11) is 0. The number of amides is 1. The van der Waals surface area contributed by atoms with Crippen molar-refractivity contribution in [3.8, 4) is 11.3 Å². The Morgan fingerprint density at radius 1 is 1.11 bits per heavy atom. The molecule has 0 radical (unpaired) electrons. The number of pyridine rings is 1. The van der Waals surface area contributed by atoms with Crippen molar-refractivity contribution in [2.75, 3.05) is 11.9 Å². The average Bonchev–Trinajstić information content (AvgIpc) is 2.97. The lowest BCUT2D eigenvalue weighted by molar-refractivity contribution is 0.0530. The molecule has 0 aliphatic heterocycles. The first kappa shape index (κ1) is 19.8. The molecule has 1 aromatic carbocycles. The van der Waals surface area contributed by atoms with Gasteiger partial charge in [0.1, 0.15) is 16.2 Å². The number of thiophene rings is 1. The number of aromatic nitrogens is 1. The van der Waals surface area contributed by atoms with Crippen LogP contribution in [0, 0.1) is 0 Å². The minimum Gasteiger partial charge on any atom is -0.462 e. The lowest BCUT2D eigenvalue weighted by atomic mass is 10.1. The first-order chi connectivity index (χ1) is 13.3. The highest BCUT2D eigenvalue weighted by Crippen LogP contribution is 2.37. The van der Waals surface area contributed by atoms with Crippen molar-refractivity contribution in [1.29, 1.82) is 0 Å². The van der Waals surface area contributed by atoms with E-state index in [0.717, 1.165) is 16.0 Å². The number of hydrogen-bond donors (Lipinski definition) is 1. The van der Waals surface area contributed by atoms with Gasteiger partial charge in [0.25, 0.3) is 0 Å². The summed E-state index contributed by atoms with van der Waals surface area (Å²) < 4.78 is 11.3. The standard InChI is InChI=1S/C21H22N2O4S/c1-5-26-19(24)16-17-15(28-18(16)23-20(25)27-21(2,3)4)12-11-14(22-17)13-9-7-6-8-10-13/h6-12H,5H2,1-4H3,(H,23,25). The van der Waals surface area contributed by atoms with Gasteiger partial charge in [0.15, 0.2) is 0 Å². The second-order valence-electron chi connectivity index (χ2n) is 7.06. The number of esters is 1. The van der Waals surface area contributed by atoms with Gasteiger partial charge in [0.2, 0.25) is 0 Å². The number of nitrogens with one attached hydrogen (secondary N) is 1. The molecule has 0 spiro atoms. The third-order valence-electron chi connectivity index (χ3n) is 3.70. The molecule has 0 saturated heterocycles. The number of ether oxygens (including phenoxy) is 2. The highest BCUT2D eigenvalue weighted by Gasteiger charge is 2.25. The molecule has 0 bridgehead atoms. The fourth-order valence-corrected chi connectivity index (χ4v) is 3.64. The summed E-state index contributed by atoms with van der Waals surface area (Å²) in [6.07, 6.45) is -0.632. The maximum absolute atomic E-state index is 12.6. The Labute approximate surface area is 167 Å². The molecule has 3 rings (SSSR count). The zero-order valence-corrected chi connectivity index (χ0v) is 17.1. The van der Waals surface area contributed by atoms with E-state index in [-0.39, 0.29) is 12.2 Å². The average molecular weight is 398 g/mol. The molecule has 0 fully saturated rings. The smallest absolute Gasteiger partial charge is 0.412 e. The van der Waals surface area contributed by atoms with Crippen molar-refractivity contribution >= 4 is 38.6 Å². The molecule has 146 valence electrons. The Morgan fingerprint density at radius 2 is 1.82 bits per heavy atom. The topological polar surface area (TPSA) is 77.5 Å². The van der Waals surface area contributed by atoms with Gasteiger partial charge >= 0.3 is 12.1 Å². The maximum atomic E-state index is 12.6. The summed E-state index contributed by atoms with van der Waals surface area (Å²) in [6, 6.07) is 13.5. The summed E-state index contributed by atoms with van der Waals surface area (Å²) in [5.74, 6) is -0.530. The van der Waals surface area contributed by atoms with Gasteiger partial charge in [-0.1, -0.05) is 30.3 Å². The number of benzene rings is 1. The van der Waals surface area contributed by atoms with Crippen LogP contribution >= 0.6 is 11.3 Å². The SMILES string of the molecule is CCOC(=O)c1c(NC(=O)OC(C)(C)C)sc2ccc(-c3ccccc3)nc12. The minimum absolute atomic E-state index is 0.223. The molecule has 2 aromatic heterocycles. The predicted octanol–water partition coefficient (Wildman–Crippen LogP) is 5.49. The van der Waals surface area contributed by atoms with E-state index in [1.807, 2.05) is 42.5 Å². The second-order valence-corrected chi connectivity index (χ2v) is 8.12. The molecule has 0 aliphatic rings. The third-order valence-corrected chi connectivity index (χ3v) is 4.76. The van der Waals surface area contributed by atoms with Crippen molar-refractivity contribution in [3.05, 3.63) is 48.0 Å². The van der Waals surface area contributed by atoms with Crippen LogP contribution in [0.4, 0.5) is 9.80 Å². The van der Waals surface area contributed by atoms with Crippen LogP contribution in [0.2, 0.25) is 0 Å². The van der Waals surface area contributed by atoms with E-state index < -0.39 is 17.7 Å². The van der Waals surface area contributed by atoms with E-state index >= 15 is 0 Å². The summed E-state index contributed by atoms with van der Waals surface area (Å²) in [6.45, 7) is 7.28. The van der Waals surface area contributed by atoms with Crippen molar-refractivity contribution < 1.29 is 19.1 Å². The molecule has 7 heteroatoms. The van der Waals surface area contributed by atoms with E-state index in [1.54, 1.807) is 27.7 Å². The monoisotopic (exact) mass is 398 g/mol. The lowest BCUT2D eigenvalue weighted by Crippen LogP contribution is -2.27. The molecule has 3 aromatic rings. The Kier molecular flexibility index (Phi) is 5.65. The van der Waals surface area contributed by atoms with Gasteiger partial charge < -0.3 is 9.47 Å². The number of rotatable bonds is 4. The molecular weight excluding hydrogens is 376 g/mol. The van der Waals surface area contributed by atoms with Gasteiger partial charge in [-0.3, -0.25) is 5.32 Å². The maximum Gasteiger partial charge on any atom is 0.412 e. The van der Waals surface area contributed by atoms with Crippen LogP contribution in [0.3, 0.4) is 0 Å². The molecular formula is C21H22N2O4S. The van der Waals surface area contributed by atoms with Crippen molar-refractivity contribution in [2.24, 2.45) is 0 Å². The van der Waals surface area contributed by atoms with Crippen LogP contribution in [0.25, 0.3) is 21.5 Å². The zero-order valence-electron chi connectivity index (χ0n) is 16.2. The Balaban J connectivity index is 2.06. The van der Waals surface area contributed by atoms with Crippen LogP contribution < -0.4 is 5.32 Å². The van der Waals surface area contributed by atoms with Gasteiger partial charge in [0.05, 0.1) is 22.5 Å². The van der Waals surface area contributed by atoms with Crippen LogP contribution in [-0.2, 0) is 9.47 Å². The molecule has 1 N–H and O–H groups in total. The molecule has 0 aliphatic carbocycles. The summed E-state index contributed by atoms with van der Waals surface area (Å²) in [5.41, 5.74) is 1.76. The number of carbonyl (C=O) groups excluding carboxylic acids is 2. The van der Waals surface area contributed by atoms with E-state index in [2.05, 4.69) is 10.3 Å².